The lowest BCUT2D eigenvalue weighted by Gasteiger charge is -2.15. The highest BCUT2D eigenvalue weighted by atomic mass is 16.5. The summed E-state index contributed by atoms with van der Waals surface area (Å²) < 4.78 is 11.7. The quantitative estimate of drug-likeness (QED) is 0.580. The van der Waals surface area contributed by atoms with Crippen LogP contribution in [0.3, 0.4) is 0 Å². The monoisotopic (exact) mass is 341 g/mol. The Morgan fingerprint density at radius 3 is 1.96 bits per heavy atom. The molecule has 2 N–H and O–H groups in total. The fraction of sp³-hybridized carbons (Fsp3) is 0.222. The van der Waals surface area contributed by atoms with Crippen molar-refractivity contribution in [2.24, 2.45) is 0 Å². The minimum Gasteiger partial charge on any atom is -0.710 e. The second-order valence-electron chi connectivity index (χ2n) is 5.82. The summed E-state index contributed by atoms with van der Waals surface area (Å²) in [6.07, 6.45) is 0. The molecule has 7 heteroatoms. The largest absolute Gasteiger partial charge is 0.710 e. The van der Waals surface area contributed by atoms with Crippen molar-refractivity contribution in [3.8, 4) is 22.8 Å². The van der Waals surface area contributed by atoms with Crippen LogP contribution in [0.5, 0.6) is 11.5 Å². The first-order valence-corrected chi connectivity index (χ1v) is 7.67. The van der Waals surface area contributed by atoms with E-state index in [0.717, 1.165) is 11.1 Å². The average Bonchev–Trinajstić information content (AvgIpc) is 2.61. The topological polar surface area (TPSA) is 98.4 Å². The van der Waals surface area contributed by atoms with Crippen molar-refractivity contribution in [1.29, 1.82) is 0 Å². The molecule has 3 aromatic rings. The van der Waals surface area contributed by atoms with Gasteiger partial charge in [-0.1, -0.05) is 0 Å². The molecular formula is C18H19N3O4. The van der Waals surface area contributed by atoms with Crippen LogP contribution in [0.2, 0.25) is 0 Å². The summed E-state index contributed by atoms with van der Waals surface area (Å²) in [7, 11) is 3.02. The number of hydrogen-bond donors (Lipinski definition) is 1. The van der Waals surface area contributed by atoms with E-state index in [1.54, 1.807) is 30.3 Å². The molecule has 1 heterocycles. The minimum absolute atomic E-state index is 0.0757. The van der Waals surface area contributed by atoms with Crippen LogP contribution in [-0.2, 0) is 0 Å². The number of nitrogens with two attached hydrogens (primary N) is 1. The van der Waals surface area contributed by atoms with E-state index >= 15 is 0 Å². The lowest BCUT2D eigenvalue weighted by atomic mass is 10.1. The molecule has 0 aliphatic rings. The maximum absolute atomic E-state index is 12.9. The molecule has 0 aliphatic carbocycles. The number of aryl methyl sites for hydroxylation is 2. The molecule has 0 bridgehead atoms. The van der Waals surface area contributed by atoms with Crippen molar-refractivity contribution in [3.63, 3.8) is 0 Å². The Morgan fingerprint density at radius 1 is 0.840 bits per heavy atom. The van der Waals surface area contributed by atoms with Gasteiger partial charge in [0.25, 0.3) is 5.52 Å². The van der Waals surface area contributed by atoms with Crippen LogP contribution in [0, 0.1) is 24.3 Å². The molecule has 0 unspecified atom stereocenters. The molecule has 0 fully saturated rings. The standard InChI is InChI=1S/C18H19N3O4/c1-10-7-13-14(8-11(10)2)21(23)18(19)17(20(13)22)12-5-6-15(24-3)16(9-12)25-4/h5-9H,19H2,1-4H3. The zero-order valence-corrected chi connectivity index (χ0v) is 14.5. The molecular weight excluding hydrogens is 322 g/mol. The number of benzene rings is 2. The van der Waals surface area contributed by atoms with Crippen LogP contribution < -0.4 is 24.7 Å². The van der Waals surface area contributed by atoms with E-state index in [4.69, 9.17) is 15.2 Å². The Kier molecular flexibility index (Phi) is 4.00. The van der Waals surface area contributed by atoms with Gasteiger partial charge in [-0.15, -0.1) is 0 Å². The Morgan fingerprint density at radius 2 is 1.40 bits per heavy atom. The molecule has 7 nitrogen and oxygen atoms in total. The number of hydrogen-bond acceptors (Lipinski definition) is 5. The Bertz CT molecular complexity index is 986. The number of aromatic nitrogens is 2. The number of methoxy groups -OCH3 is 2. The Labute approximate surface area is 145 Å². The zero-order chi connectivity index (χ0) is 18.3. The molecule has 0 atom stereocenters. The van der Waals surface area contributed by atoms with Gasteiger partial charge in [0.2, 0.25) is 5.52 Å². The van der Waals surface area contributed by atoms with Crippen LogP contribution in [-0.4, -0.2) is 14.2 Å². The van der Waals surface area contributed by atoms with E-state index in [-0.39, 0.29) is 22.5 Å². The second kappa shape index (κ2) is 6.01. The van der Waals surface area contributed by atoms with Gasteiger partial charge >= 0.3 is 11.5 Å². The number of ether oxygens (including phenoxy) is 2. The van der Waals surface area contributed by atoms with Gasteiger partial charge in [0.05, 0.1) is 19.8 Å². The number of anilines is 1. The highest BCUT2D eigenvalue weighted by Crippen LogP contribution is 2.33. The maximum atomic E-state index is 12.9. The third kappa shape index (κ3) is 2.53. The van der Waals surface area contributed by atoms with Gasteiger partial charge in [-0.3, -0.25) is 5.73 Å². The fourth-order valence-electron chi connectivity index (χ4n) is 2.81. The average molecular weight is 341 g/mol. The van der Waals surface area contributed by atoms with Crippen LogP contribution in [0.25, 0.3) is 22.3 Å². The van der Waals surface area contributed by atoms with E-state index in [2.05, 4.69) is 0 Å². The highest BCUT2D eigenvalue weighted by Gasteiger charge is 2.27. The number of nitrogens with zero attached hydrogens (tertiary/aromatic N) is 2. The summed E-state index contributed by atoms with van der Waals surface area (Å²) in [5, 5.41) is 25.5. The van der Waals surface area contributed by atoms with Crippen molar-refractivity contribution in [1.82, 2.24) is 0 Å². The van der Waals surface area contributed by atoms with E-state index in [0.29, 0.717) is 26.5 Å². The van der Waals surface area contributed by atoms with E-state index in [1.807, 2.05) is 13.8 Å². The third-order valence-electron chi connectivity index (χ3n) is 4.35. The van der Waals surface area contributed by atoms with Crippen molar-refractivity contribution in [3.05, 3.63) is 51.9 Å². The summed E-state index contributed by atoms with van der Waals surface area (Å²) in [5.74, 6) is 0.791. The van der Waals surface area contributed by atoms with Gasteiger partial charge in [-0.25, -0.2) is 4.73 Å². The molecule has 0 amide bonds. The lowest BCUT2D eigenvalue weighted by Crippen LogP contribution is -2.43. The molecule has 0 saturated carbocycles. The summed E-state index contributed by atoms with van der Waals surface area (Å²) in [5.41, 5.74) is 8.86. The van der Waals surface area contributed by atoms with Crippen LogP contribution in [0.4, 0.5) is 5.82 Å². The smallest absolute Gasteiger partial charge is 0.351 e. The van der Waals surface area contributed by atoms with Gasteiger partial charge in [-0.2, -0.15) is 4.73 Å². The molecule has 130 valence electrons. The highest BCUT2D eigenvalue weighted by molar-refractivity contribution is 5.76. The van der Waals surface area contributed by atoms with Gasteiger partial charge in [-0.05, 0) is 49.2 Å². The zero-order valence-electron chi connectivity index (χ0n) is 14.5. The van der Waals surface area contributed by atoms with Gasteiger partial charge < -0.3 is 19.9 Å². The van der Waals surface area contributed by atoms with E-state index in [9.17, 15) is 10.4 Å². The summed E-state index contributed by atoms with van der Waals surface area (Å²) in [4.78, 5) is 0. The first kappa shape index (κ1) is 16.6. The third-order valence-corrected chi connectivity index (χ3v) is 4.35. The predicted octanol–water partition coefficient (Wildman–Crippen LogP) is 1.99. The molecule has 0 spiro atoms. The van der Waals surface area contributed by atoms with Gasteiger partial charge in [0.15, 0.2) is 11.5 Å². The summed E-state index contributed by atoms with van der Waals surface area (Å²) >= 11 is 0. The summed E-state index contributed by atoms with van der Waals surface area (Å²) in [6.45, 7) is 3.76. The van der Waals surface area contributed by atoms with Gasteiger partial charge in [0, 0.05) is 6.07 Å². The lowest BCUT2D eigenvalue weighted by molar-refractivity contribution is -0.609. The van der Waals surface area contributed by atoms with Gasteiger partial charge in [0.1, 0.15) is 0 Å². The number of fused-ring (bicyclic) bond motifs is 1. The van der Waals surface area contributed by atoms with Crippen LogP contribution >= 0.6 is 0 Å². The van der Waals surface area contributed by atoms with E-state index in [1.165, 1.54) is 14.2 Å². The number of rotatable bonds is 3. The van der Waals surface area contributed by atoms with Crippen LogP contribution in [0.15, 0.2) is 30.3 Å². The van der Waals surface area contributed by atoms with Crippen molar-refractivity contribution >= 4 is 16.9 Å². The second-order valence-corrected chi connectivity index (χ2v) is 5.82. The molecule has 1 aromatic heterocycles. The fourth-order valence-corrected chi connectivity index (χ4v) is 2.81. The minimum atomic E-state index is -0.169. The SMILES string of the molecule is COc1ccc(-c2c(N)[n+]([O-])c3cc(C)c(C)cc3[n+]2[O-])cc1OC. The molecule has 0 saturated heterocycles. The predicted molar refractivity (Wildman–Crippen MR) is 94.3 cm³/mol. The number of nitrogen functional groups attached to an aromatic ring is 1. The first-order valence-electron chi connectivity index (χ1n) is 7.67. The van der Waals surface area contributed by atoms with Crippen molar-refractivity contribution in [2.75, 3.05) is 20.0 Å². The molecule has 0 aliphatic heterocycles. The van der Waals surface area contributed by atoms with Crippen molar-refractivity contribution in [2.45, 2.75) is 13.8 Å². The maximum Gasteiger partial charge on any atom is 0.351 e. The molecule has 0 radical (unpaired) electrons. The van der Waals surface area contributed by atoms with E-state index < -0.39 is 0 Å². The summed E-state index contributed by atoms with van der Waals surface area (Å²) in [6, 6.07) is 8.30. The molecule has 2 aromatic carbocycles. The first-order chi connectivity index (χ1) is 11.9. The van der Waals surface area contributed by atoms with Crippen LogP contribution in [0.1, 0.15) is 11.1 Å². The normalized spacial score (nSPS) is 10.9. The molecule has 25 heavy (non-hydrogen) atoms. The Balaban J connectivity index is 2.35. The Hall–Kier alpha value is -3.22. The molecule has 3 rings (SSSR count). The van der Waals surface area contributed by atoms with Crippen molar-refractivity contribution < 1.29 is 18.9 Å².